The third-order valence-corrected chi connectivity index (χ3v) is 1.62. The van der Waals surface area contributed by atoms with E-state index in [9.17, 15) is 31.1 Å². The second kappa shape index (κ2) is 4.70. The van der Waals surface area contributed by atoms with Crippen molar-refractivity contribution in [3.63, 3.8) is 0 Å². The van der Waals surface area contributed by atoms with E-state index >= 15 is 0 Å². The van der Waals surface area contributed by atoms with Crippen LogP contribution in [0.15, 0.2) is 6.07 Å². The number of ether oxygens (including phenoxy) is 1. The van der Waals surface area contributed by atoms with Gasteiger partial charge in [-0.2, -0.15) is 0 Å². The van der Waals surface area contributed by atoms with Gasteiger partial charge in [0.2, 0.25) is 5.88 Å². The Kier molecular flexibility index (Phi) is 3.67. The molecule has 0 saturated carbocycles. The summed E-state index contributed by atoms with van der Waals surface area (Å²) in [6, 6.07) is -0.0140. The van der Waals surface area contributed by atoms with E-state index in [-0.39, 0.29) is 6.07 Å². The molecule has 1 aromatic heterocycles. The number of hydrogen-bond donors (Lipinski definition) is 1. The average Bonchev–Trinajstić information content (AvgIpc) is 2.17. The summed E-state index contributed by atoms with van der Waals surface area (Å²) in [4.78, 5) is 13.1. The molecule has 0 aromatic carbocycles. The highest BCUT2D eigenvalue weighted by Crippen LogP contribution is 2.29. The molecule has 0 saturated heterocycles. The number of hydrogen-bond acceptors (Lipinski definition) is 3. The number of halogens is 6. The summed E-state index contributed by atoms with van der Waals surface area (Å²) in [7, 11) is 0. The predicted octanol–water partition coefficient (Wildman–Crippen LogP) is 2.76. The first kappa shape index (κ1) is 14.1. The van der Waals surface area contributed by atoms with Crippen LogP contribution in [0.2, 0.25) is 0 Å². The zero-order valence-electron chi connectivity index (χ0n) is 8.13. The molecule has 0 spiro atoms. The number of nitrogens with zero attached hydrogens (tertiary/aromatic N) is 1. The summed E-state index contributed by atoms with van der Waals surface area (Å²) in [5.41, 5.74) is -3.12. The number of aromatic nitrogens is 1. The van der Waals surface area contributed by atoms with E-state index in [4.69, 9.17) is 5.11 Å². The highest BCUT2D eigenvalue weighted by atomic mass is 19.4. The largest absolute Gasteiger partial charge is 0.574 e. The van der Waals surface area contributed by atoms with Crippen molar-refractivity contribution >= 4 is 5.97 Å². The van der Waals surface area contributed by atoms with Crippen LogP contribution in [0.3, 0.4) is 0 Å². The molecule has 0 aliphatic rings. The van der Waals surface area contributed by atoms with Gasteiger partial charge in [0.1, 0.15) is 0 Å². The van der Waals surface area contributed by atoms with Crippen LogP contribution in [0.1, 0.15) is 22.5 Å². The number of carboxylic acid groups (broad SMARTS) is 1. The van der Waals surface area contributed by atoms with Crippen LogP contribution in [-0.2, 0) is 0 Å². The van der Waals surface area contributed by atoms with Gasteiger partial charge in [0, 0.05) is 6.07 Å². The topological polar surface area (TPSA) is 59.4 Å². The summed E-state index contributed by atoms with van der Waals surface area (Å²) in [5.74, 6) is -5.48. The van der Waals surface area contributed by atoms with Crippen LogP contribution in [0.25, 0.3) is 0 Å². The quantitative estimate of drug-likeness (QED) is 0.862. The molecule has 1 N–H and O–H groups in total. The third-order valence-electron chi connectivity index (χ3n) is 1.62. The maximum atomic E-state index is 13.1. The molecule has 0 bridgehead atoms. The van der Waals surface area contributed by atoms with Gasteiger partial charge in [-0.3, -0.25) is 0 Å². The number of rotatable bonds is 3. The van der Waals surface area contributed by atoms with Crippen molar-refractivity contribution in [2.24, 2.45) is 0 Å². The van der Waals surface area contributed by atoms with E-state index in [0.29, 0.717) is 0 Å². The second-order valence-corrected chi connectivity index (χ2v) is 2.87. The number of carbonyl (C=O) groups is 1. The van der Waals surface area contributed by atoms with Gasteiger partial charge in [-0.15, -0.1) is 13.2 Å². The lowest BCUT2D eigenvalue weighted by Gasteiger charge is -2.11. The molecule has 100 valence electrons. The predicted molar refractivity (Wildman–Crippen MR) is 42.8 cm³/mol. The van der Waals surface area contributed by atoms with Gasteiger partial charge in [0.15, 0.2) is 11.5 Å². The minimum atomic E-state index is -5.26. The standard InChI is InChI=1S/C8H3F6NO3/c9-4-2(6(10)11)1-3(18-8(12,13)14)15-5(4)7(16)17/h1,6H,(H,16,17). The molecule has 0 atom stereocenters. The Morgan fingerprint density at radius 3 is 2.33 bits per heavy atom. The van der Waals surface area contributed by atoms with Gasteiger partial charge in [-0.1, -0.05) is 0 Å². The fraction of sp³-hybridized carbons (Fsp3) is 0.250. The SMILES string of the molecule is O=C(O)c1nc(OC(F)(F)F)cc(C(F)F)c1F. The number of pyridine rings is 1. The molecule has 1 aromatic rings. The fourth-order valence-corrected chi connectivity index (χ4v) is 0.996. The first-order valence-electron chi connectivity index (χ1n) is 4.09. The van der Waals surface area contributed by atoms with Gasteiger partial charge < -0.3 is 9.84 Å². The molecule has 10 heteroatoms. The van der Waals surface area contributed by atoms with Gasteiger partial charge in [0.25, 0.3) is 6.43 Å². The molecule has 4 nitrogen and oxygen atoms in total. The molecule has 0 fully saturated rings. The molecule has 1 rings (SSSR count). The zero-order chi connectivity index (χ0) is 14.1. The Labute approximate surface area is 94.8 Å². The highest BCUT2D eigenvalue weighted by Gasteiger charge is 2.34. The van der Waals surface area contributed by atoms with Crippen molar-refractivity contribution in [3.05, 3.63) is 23.1 Å². The van der Waals surface area contributed by atoms with E-state index in [1.54, 1.807) is 0 Å². The smallest absolute Gasteiger partial charge is 0.476 e. The maximum Gasteiger partial charge on any atom is 0.574 e. The van der Waals surface area contributed by atoms with Gasteiger partial charge in [0.05, 0.1) is 5.56 Å². The molecular weight excluding hydrogens is 272 g/mol. The van der Waals surface area contributed by atoms with Crippen molar-refractivity contribution in [2.45, 2.75) is 12.8 Å². The van der Waals surface area contributed by atoms with E-state index < -0.39 is 41.7 Å². The van der Waals surface area contributed by atoms with Crippen LogP contribution in [-0.4, -0.2) is 22.4 Å². The Hall–Kier alpha value is -2.00. The monoisotopic (exact) mass is 275 g/mol. The second-order valence-electron chi connectivity index (χ2n) is 2.87. The van der Waals surface area contributed by atoms with Gasteiger partial charge >= 0.3 is 12.3 Å². The number of aromatic carboxylic acids is 1. The molecule has 0 aliphatic carbocycles. The number of alkyl halides is 5. The van der Waals surface area contributed by atoms with Crippen LogP contribution < -0.4 is 4.74 Å². The molecule has 0 unspecified atom stereocenters. The maximum absolute atomic E-state index is 13.1. The minimum Gasteiger partial charge on any atom is -0.476 e. The highest BCUT2D eigenvalue weighted by molar-refractivity contribution is 5.86. The first-order valence-corrected chi connectivity index (χ1v) is 4.09. The summed E-state index contributed by atoms with van der Waals surface area (Å²) in [5, 5.41) is 8.41. The van der Waals surface area contributed by atoms with Gasteiger partial charge in [-0.05, 0) is 0 Å². The van der Waals surface area contributed by atoms with E-state index in [2.05, 4.69) is 9.72 Å². The van der Waals surface area contributed by atoms with Crippen LogP contribution >= 0.6 is 0 Å². The Bertz CT molecular complexity index is 473. The zero-order valence-corrected chi connectivity index (χ0v) is 8.13. The minimum absolute atomic E-state index is 0.0140. The van der Waals surface area contributed by atoms with Crippen molar-refractivity contribution in [1.82, 2.24) is 4.98 Å². The van der Waals surface area contributed by atoms with Crippen LogP contribution in [0.4, 0.5) is 26.3 Å². The first-order chi connectivity index (χ1) is 8.11. The Morgan fingerprint density at radius 2 is 1.94 bits per heavy atom. The summed E-state index contributed by atoms with van der Waals surface area (Å²) < 4.78 is 76.3. The van der Waals surface area contributed by atoms with Crippen molar-refractivity contribution in [2.75, 3.05) is 0 Å². The Morgan fingerprint density at radius 1 is 1.39 bits per heavy atom. The van der Waals surface area contributed by atoms with Crippen molar-refractivity contribution in [3.8, 4) is 5.88 Å². The lowest BCUT2D eigenvalue weighted by Crippen LogP contribution is -2.19. The van der Waals surface area contributed by atoms with Gasteiger partial charge in [-0.25, -0.2) is 22.9 Å². The molecule has 0 radical (unpaired) electrons. The summed E-state index contributed by atoms with van der Waals surface area (Å²) >= 11 is 0. The normalized spacial score (nSPS) is 11.7. The van der Waals surface area contributed by atoms with E-state index in [0.717, 1.165) is 0 Å². The molecule has 1 heterocycles. The molecule has 18 heavy (non-hydrogen) atoms. The molecule has 0 amide bonds. The van der Waals surface area contributed by atoms with Crippen molar-refractivity contribution in [1.29, 1.82) is 0 Å². The molecule has 0 aliphatic heterocycles. The van der Waals surface area contributed by atoms with E-state index in [1.165, 1.54) is 0 Å². The van der Waals surface area contributed by atoms with Crippen molar-refractivity contribution < 1.29 is 41.0 Å². The fourth-order valence-electron chi connectivity index (χ4n) is 0.996. The molecular formula is C8H3F6NO3. The summed E-state index contributed by atoms with van der Waals surface area (Å²) in [6.45, 7) is 0. The lowest BCUT2D eigenvalue weighted by atomic mass is 10.2. The Balaban J connectivity index is 3.34. The average molecular weight is 275 g/mol. The van der Waals surface area contributed by atoms with Crippen LogP contribution in [0, 0.1) is 5.82 Å². The van der Waals surface area contributed by atoms with E-state index in [1.807, 2.05) is 0 Å². The van der Waals surface area contributed by atoms with Crippen LogP contribution in [0.5, 0.6) is 5.88 Å². The summed E-state index contributed by atoms with van der Waals surface area (Å²) in [6.07, 6.45) is -8.78. The lowest BCUT2D eigenvalue weighted by molar-refractivity contribution is -0.276. The number of carboxylic acids is 1. The third kappa shape index (κ3) is 3.25.